The van der Waals surface area contributed by atoms with Crippen LogP contribution in [-0.4, -0.2) is 29.6 Å². The fourth-order valence-electron chi connectivity index (χ4n) is 3.24. The lowest BCUT2D eigenvalue weighted by molar-refractivity contribution is 0.0589. The number of hydrogen-bond acceptors (Lipinski definition) is 5. The van der Waals surface area contributed by atoms with Crippen LogP contribution in [0.1, 0.15) is 42.5 Å². The first-order valence-corrected chi connectivity index (χ1v) is 8.82. The minimum Gasteiger partial charge on any atom is -0.464 e. The van der Waals surface area contributed by atoms with Crippen molar-refractivity contribution < 1.29 is 9.53 Å². The summed E-state index contributed by atoms with van der Waals surface area (Å²) in [6.07, 6.45) is 4.08. The Hall–Kier alpha value is -3.02. The number of hydrogen-bond donors (Lipinski definition) is 1. The zero-order valence-electron chi connectivity index (χ0n) is 15.6. The maximum atomic E-state index is 12.3. The summed E-state index contributed by atoms with van der Waals surface area (Å²) in [6.45, 7) is 6.55. The molecular weight excluding hydrogens is 328 g/mol. The Balaban J connectivity index is 0.000000948. The second-order valence-corrected chi connectivity index (χ2v) is 5.83. The van der Waals surface area contributed by atoms with E-state index in [-0.39, 0.29) is 12.1 Å². The Morgan fingerprint density at radius 1 is 1.27 bits per heavy atom. The lowest BCUT2D eigenvalue weighted by Crippen LogP contribution is -2.39. The van der Waals surface area contributed by atoms with E-state index in [0.717, 1.165) is 22.8 Å². The molecule has 26 heavy (non-hydrogen) atoms. The summed E-state index contributed by atoms with van der Waals surface area (Å²) >= 11 is 0. The summed E-state index contributed by atoms with van der Waals surface area (Å²) in [5.74, 6) is 0.533. The maximum absolute atomic E-state index is 12.3. The summed E-state index contributed by atoms with van der Waals surface area (Å²) < 4.78 is 6.98. The van der Waals surface area contributed by atoms with Gasteiger partial charge >= 0.3 is 5.97 Å². The first kappa shape index (κ1) is 17.8. The van der Waals surface area contributed by atoms with Crippen LogP contribution in [0.3, 0.4) is 0 Å². The van der Waals surface area contributed by atoms with Crippen LogP contribution >= 0.6 is 0 Å². The molecule has 0 aliphatic carbocycles. The van der Waals surface area contributed by atoms with Crippen molar-refractivity contribution in [3.63, 3.8) is 0 Å². The number of rotatable bonds is 3. The Bertz CT molecular complexity index is 852. The summed E-state index contributed by atoms with van der Waals surface area (Å²) in [5.41, 5.74) is 6.68. The number of nitrogens with zero attached hydrogens (tertiary/aromatic N) is 3. The molecule has 2 aliphatic rings. The largest absolute Gasteiger partial charge is 0.464 e. The molecule has 0 fully saturated rings. The molecule has 1 N–H and O–H groups in total. The van der Waals surface area contributed by atoms with Gasteiger partial charge in [-0.1, -0.05) is 44.2 Å². The van der Waals surface area contributed by atoms with Crippen molar-refractivity contribution in [3.05, 3.63) is 59.4 Å². The van der Waals surface area contributed by atoms with Crippen LogP contribution in [0.5, 0.6) is 0 Å². The maximum Gasteiger partial charge on any atom is 0.354 e. The summed E-state index contributed by atoms with van der Waals surface area (Å²) in [5, 5.41) is 4.28. The number of methoxy groups -OCH3 is 1. The molecule has 0 spiro atoms. The molecule has 6 heteroatoms. The zero-order chi connectivity index (χ0) is 18.7. The second kappa shape index (κ2) is 7.47. The van der Waals surface area contributed by atoms with E-state index in [1.54, 1.807) is 0 Å². The Morgan fingerprint density at radius 2 is 2.00 bits per heavy atom. The van der Waals surface area contributed by atoms with E-state index >= 15 is 0 Å². The van der Waals surface area contributed by atoms with Crippen molar-refractivity contribution >= 4 is 23.6 Å². The quantitative estimate of drug-likeness (QED) is 0.860. The van der Waals surface area contributed by atoms with Crippen molar-refractivity contribution in [2.75, 3.05) is 12.0 Å². The van der Waals surface area contributed by atoms with Crippen molar-refractivity contribution in [3.8, 4) is 0 Å². The molecule has 1 aromatic carbocycles. The molecule has 1 atom stereocenters. The third-order valence-electron chi connectivity index (χ3n) is 4.38. The van der Waals surface area contributed by atoms with E-state index in [1.807, 2.05) is 73.9 Å². The number of benzene rings is 1. The predicted molar refractivity (Wildman–Crippen MR) is 104 cm³/mol. The molecule has 0 bridgehead atoms. The van der Waals surface area contributed by atoms with Crippen LogP contribution in [0.25, 0.3) is 6.08 Å². The molecule has 1 unspecified atom stereocenters. The van der Waals surface area contributed by atoms with Gasteiger partial charge in [0.1, 0.15) is 17.7 Å². The smallest absolute Gasteiger partial charge is 0.354 e. The highest BCUT2D eigenvalue weighted by Crippen LogP contribution is 2.34. The monoisotopic (exact) mass is 352 g/mol. The van der Waals surface area contributed by atoms with Crippen LogP contribution in [0.4, 0.5) is 5.69 Å². The average molecular weight is 352 g/mol. The summed E-state index contributed by atoms with van der Waals surface area (Å²) in [6, 6.07) is 12.0. The minimum atomic E-state index is -0.341. The number of nitrogens with one attached hydrogen (secondary N) is 1. The topological polar surface area (TPSA) is 58.9 Å². The fraction of sp³-hybridized carbons (Fsp3) is 0.300. The van der Waals surface area contributed by atoms with Gasteiger partial charge < -0.3 is 14.2 Å². The van der Waals surface area contributed by atoms with Crippen molar-refractivity contribution in [2.45, 2.75) is 33.5 Å². The van der Waals surface area contributed by atoms with E-state index in [9.17, 15) is 4.79 Å². The SMILES string of the molecule is CC.COC(=O)c1cc2c(n1Cc1ccccc1)C=CC1NN=C(C)N21. The van der Waals surface area contributed by atoms with Gasteiger partial charge in [-0.2, -0.15) is 5.10 Å². The van der Waals surface area contributed by atoms with Crippen molar-refractivity contribution in [1.82, 2.24) is 9.99 Å². The number of fused-ring (bicyclic) bond motifs is 3. The molecule has 0 amide bonds. The van der Waals surface area contributed by atoms with Gasteiger partial charge in [-0.25, -0.2) is 4.79 Å². The number of ether oxygens (including phenoxy) is 1. The van der Waals surface area contributed by atoms with Gasteiger partial charge in [0, 0.05) is 6.54 Å². The highest BCUT2D eigenvalue weighted by Gasteiger charge is 2.33. The predicted octanol–water partition coefficient (Wildman–Crippen LogP) is 3.45. The molecule has 2 aliphatic heterocycles. The molecule has 4 rings (SSSR count). The summed E-state index contributed by atoms with van der Waals surface area (Å²) in [7, 11) is 1.41. The summed E-state index contributed by atoms with van der Waals surface area (Å²) in [4.78, 5) is 14.4. The van der Waals surface area contributed by atoms with E-state index in [0.29, 0.717) is 12.2 Å². The first-order chi connectivity index (χ1) is 12.7. The van der Waals surface area contributed by atoms with Crippen LogP contribution < -0.4 is 10.3 Å². The molecule has 1 aromatic heterocycles. The van der Waals surface area contributed by atoms with Gasteiger partial charge in [0.15, 0.2) is 0 Å². The van der Waals surface area contributed by atoms with Gasteiger partial charge in [0.2, 0.25) is 0 Å². The van der Waals surface area contributed by atoms with Gasteiger partial charge in [-0.15, -0.1) is 0 Å². The standard InChI is InChI=1S/C18H18N4O2.C2H6/c1-12-19-20-17-9-8-14-15(22(12)17)10-16(18(23)24-2)21(14)11-13-6-4-3-5-7-13;1-2/h3-10,17,20H,11H2,1-2H3;1-2H3. The van der Waals surface area contributed by atoms with Crippen LogP contribution in [0.15, 0.2) is 47.6 Å². The van der Waals surface area contributed by atoms with E-state index in [1.165, 1.54) is 7.11 Å². The number of carbonyl (C=O) groups is 1. The lowest BCUT2D eigenvalue weighted by Gasteiger charge is -2.27. The van der Waals surface area contributed by atoms with Gasteiger partial charge in [0.25, 0.3) is 0 Å². The molecule has 3 heterocycles. The fourth-order valence-corrected chi connectivity index (χ4v) is 3.24. The van der Waals surface area contributed by atoms with Crippen molar-refractivity contribution in [1.29, 1.82) is 0 Å². The van der Waals surface area contributed by atoms with Crippen LogP contribution in [0.2, 0.25) is 0 Å². The highest BCUT2D eigenvalue weighted by atomic mass is 16.5. The molecular formula is C20H24N4O2. The molecule has 0 radical (unpaired) electrons. The Labute approximate surface area is 153 Å². The van der Waals surface area contributed by atoms with Crippen LogP contribution in [-0.2, 0) is 11.3 Å². The third-order valence-corrected chi connectivity index (χ3v) is 4.38. The zero-order valence-corrected chi connectivity index (χ0v) is 15.6. The Morgan fingerprint density at radius 3 is 2.69 bits per heavy atom. The van der Waals surface area contributed by atoms with Gasteiger partial charge in [-0.05, 0) is 30.7 Å². The molecule has 2 aromatic rings. The lowest BCUT2D eigenvalue weighted by atomic mass is 10.2. The molecule has 0 saturated heterocycles. The second-order valence-electron chi connectivity index (χ2n) is 5.83. The first-order valence-electron chi connectivity index (χ1n) is 8.82. The highest BCUT2D eigenvalue weighted by molar-refractivity contribution is 6.03. The van der Waals surface area contributed by atoms with E-state index in [2.05, 4.69) is 15.4 Å². The number of hydrazone groups is 1. The Kier molecular flexibility index (Phi) is 5.11. The van der Waals surface area contributed by atoms with E-state index < -0.39 is 0 Å². The third kappa shape index (κ3) is 2.98. The number of aromatic nitrogens is 1. The number of carbonyl (C=O) groups excluding carboxylic acids is 1. The van der Waals surface area contributed by atoms with Gasteiger partial charge in [0.05, 0.1) is 18.5 Å². The number of esters is 1. The normalized spacial score (nSPS) is 16.7. The van der Waals surface area contributed by atoms with Gasteiger partial charge in [-0.3, -0.25) is 5.43 Å². The minimum absolute atomic E-state index is 0.00410. The molecule has 0 saturated carbocycles. The number of anilines is 1. The van der Waals surface area contributed by atoms with E-state index in [4.69, 9.17) is 4.74 Å². The van der Waals surface area contributed by atoms with Crippen molar-refractivity contribution in [2.24, 2.45) is 5.10 Å². The number of amidine groups is 1. The molecule has 136 valence electrons. The average Bonchev–Trinajstić information content (AvgIpc) is 3.24. The van der Waals surface area contributed by atoms with Crippen LogP contribution in [0, 0.1) is 0 Å². The molecule has 6 nitrogen and oxygen atoms in total.